The Hall–Kier alpha value is -2.33. The first-order chi connectivity index (χ1) is 10.3. The van der Waals surface area contributed by atoms with Gasteiger partial charge in [0.1, 0.15) is 5.75 Å². The lowest BCUT2D eigenvalue weighted by atomic mass is 10.1. The van der Waals surface area contributed by atoms with Gasteiger partial charge in [-0.15, -0.1) is 0 Å². The molecule has 0 saturated heterocycles. The molecular weight excluding hydrogens is 264 g/mol. The Labute approximate surface area is 124 Å². The molecule has 0 spiro atoms. The Morgan fingerprint density at radius 3 is 2.90 bits per heavy atom. The quantitative estimate of drug-likeness (QED) is 0.906. The van der Waals surface area contributed by atoms with Crippen molar-refractivity contribution in [3.8, 4) is 5.75 Å². The molecule has 2 aromatic rings. The van der Waals surface area contributed by atoms with E-state index in [0.29, 0.717) is 12.2 Å². The lowest BCUT2D eigenvalue weighted by Gasteiger charge is -2.09. The second-order valence-corrected chi connectivity index (χ2v) is 5.00. The molecule has 0 fully saturated rings. The maximum Gasteiger partial charge on any atom is 0.255 e. The summed E-state index contributed by atoms with van der Waals surface area (Å²) >= 11 is 0. The summed E-state index contributed by atoms with van der Waals surface area (Å²) in [5.41, 5.74) is 3.89. The predicted octanol–water partition coefficient (Wildman–Crippen LogP) is 2.94. The van der Waals surface area contributed by atoms with Crippen LogP contribution in [-0.4, -0.2) is 12.5 Å². The molecule has 0 aliphatic carbocycles. The molecule has 1 aliphatic heterocycles. The van der Waals surface area contributed by atoms with Gasteiger partial charge in [-0.1, -0.05) is 12.1 Å². The summed E-state index contributed by atoms with van der Waals surface area (Å²) in [6, 6.07) is 13.3. The fourth-order valence-electron chi connectivity index (χ4n) is 2.47. The highest BCUT2D eigenvalue weighted by Gasteiger charge is 2.13. The van der Waals surface area contributed by atoms with Gasteiger partial charge in [0.25, 0.3) is 5.91 Å². The lowest BCUT2D eigenvalue weighted by molar-refractivity contribution is 0.102. The van der Waals surface area contributed by atoms with Crippen LogP contribution in [0.2, 0.25) is 0 Å². The smallest absolute Gasteiger partial charge is 0.255 e. The van der Waals surface area contributed by atoms with Gasteiger partial charge in [-0.2, -0.15) is 0 Å². The van der Waals surface area contributed by atoms with Gasteiger partial charge >= 0.3 is 0 Å². The second kappa shape index (κ2) is 5.97. The summed E-state index contributed by atoms with van der Waals surface area (Å²) < 4.78 is 5.43. The van der Waals surface area contributed by atoms with Crippen LogP contribution in [0.5, 0.6) is 5.75 Å². The van der Waals surface area contributed by atoms with E-state index in [0.717, 1.165) is 24.5 Å². The van der Waals surface area contributed by atoms with Gasteiger partial charge in [0.2, 0.25) is 0 Å². The topological polar surface area (TPSA) is 50.4 Å². The van der Waals surface area contributed by atoms with Crippen molar-refractivity contribution >= 4 is 11.6 Å². The third-order valence-electron chi connectivity index (χ3n) is 3.50. The van der Waals surface area contributed by atoms with Crippen molar-refractivity contribution < 1.29 is 9.53 Å². The van der Waals surface area contributed by atoms with E-state index in [2.05, 4.69) is 10.6 Å². The Bertz CT molecular complexity index is 668. The normalized spacial score (nSPS) is 12.8. The predicted molar refractivity (Wildman–Crippen MR) is 82.5 cm³/mol. The zero-order chi connectivity index (χ0) is 14.7. The minimum Gasteiger partial charge on any atom is -0.494 e. The number of hydrogen-bond acceptors (Lipinski definition) is 3. The third kappa shape index (κ3) is 3.06. The Balaban J connectivity index is 1.75. The molecule has 3 rings (SSSR count). The average molecular weight is 282 g/mol. The van der Waals surface area contributed by atoms with Crippen LogP contribution in [0.3, 0.4) is 0 Å². The molecule has 2 aromatic carbocycles. The van der Waals surface area contributed by atoms with Gasteiger partial charge in [-0.3, -0.25) is 4.79 Å². The largest absolute Gasteiger partial charge is 0.494 e. The zero-order valence-electron chi connectivity index (χ0n) is 12.0. The van der Waals surface area contributed by atoms with E-state index in [1.165, 1.54) is 11.1 Å². The molecule has 0 atom stereocenters. The molecule has 108 valence electrons. The fourth-order valence-corrected chi connectivity index (χ4v) is 2.47. The van der Waals surface area contributed by atoms with Crippen molar-refractivity contribution in [2.24, 2.45) is 0 Å². The second-order valence-electron chi connectivity index (χ2n) is 5.00. The van der Waals surface area contributed by atoms with Gasteiger partial charge in [0, 0.05) is 30.4 Å². The first-order valence-electron chi connectivity index (χ1n) is 7.13. The molecule has 4 nitrogen and oxygen atoms in total. The molecule has 1 amide bonds. The summed E-state index contributed by atoms with van der Waals surface area (Å²) in [4.78, 5) is 12.3. The molecule has 1 heterocycles. The molecule has 4 heteroatoms. The van der Waals surface area contributed by atoms with Crippen molar-refractivity contribution in [3.05, 3.63) is 59.2 Å². The molecule has 1 aliphatic rings. The highest BCUT2D eigenvalue weighted by Crippen LogP contribution is 2.20. The standard InChI is InChI=1S/C17H18N2O2/c1-2-21-16-5-3-4-15(9-16)19-17(20)12-6-7-13-10-18-11-14(13)8-12/h3-9,18H,2,10-11H2,1H3,(H,19,20). The van der Waals surface area contributed by atoms with Gasteiger partial charge < -0.3 is 15.4 Å². The SMILES string of the molecule is CCOc1cccc(NC(=O)c2ccc3c(c2)CNC3)c1. The van der Waals surface area contributed by atoms with E-state index in [1.807, 2.05) is 49.4 Å². The maximum absolute atomic E-state index is 12.3. The molecular formula is C17H18N2O2. The van der Waals surface area contributed by atoms with Gasteiger partial charge in [-0.25, -0.2) is 0 Å². The number of benzene rings is 2. The molecule has 0 bridgehead atoms. The molecule has 0 radical (unpaired) electrons. The molecule has 0 aromatic heterocycles. The summed E-state index contributed by atoms with van der Waals surface area (Å²) in [6.45, 7) is 4.25. The van der Waals surface area contributed by atoms with Crippen LogP contribution >= 0.6 is 0 Å². The number of ether oxygens (including phenoxy) is 1. The molecule has 0 unspecified atom stereocenters. The van der Waals surface area contributed by atoms with Crippen molar-refractivity contribution in [2.45, 2.75) is 20.0 Å². The fraction of sp³-hybridized carbons (Fsp3) is 0.235. The Morgan fingerprint density at radius 2 is 2.05 bits per heavy atom. The highest BCUT2D eigenvalue weighted by atomic mass is 16.5. The van der Waals surface area contributed by atoms with Crippen molar-refractivity contribution in [2.75, 3.05) is 11.9 Å². The summed E-state index contributed by atoms with van der Waals surface area (Å²) in [7, 11) is 0. The highest BCUT2D eigenvalue weighted by molar-refractivity contribution is 6.04. The van der Waals surface area contributed by atoms with E-state index in [1.54, 1.807) is 0 Å². The van der Waals surface area contributed by atoms with Gasteiger partial charge in [0.15, 0.2) is 0 Å². The van der Waals surface area contributed by atoms with Crippen LogP contribution in [-0.2, 0) is 13.1 Å². The summed E-state index contributed by atoms with van der Waals surface area (Å²) in [6.07, 6.45) is 0. The minimum atomic E-state index is -0.0988. The van der Waals surface area contributed by atoms with Crippen molar-refractivity contribution in [1.29, 1.82) is 0 Å². The summed E-state index contributed by atoms with van der Waals surface area (Å²) in [5.74, 6) is 0.659. The average Bonchev–Trinajstić information content (AvgIpc) is 2.95. The number of anilines is 1. The van der Waals surface area contributed by atoms with Crippen LogP contribution in [0.15, 0.2) is 42.5 Å². The number of hydrogen-bond donors (Lipinski definition) is 2. The van der Waals surface area contributed by atoms with Crippen LogP contribution in [0.1, 0.15) is 28.4 Å². The Morgan fingerprint density at radius 1 is 1.19 bits per heavy atom. The van der Waals surface area contributed by atoms with Crippen LogP contribution in [0, 0.1) is 0 Å². The zero-order valence-corrected chi connectivity index (χ0v) is 12.0. The van der Waals surface area contributed by atoms with E-state index >= 15 is 0 Å². The van der Waals surface area contributed by atoms with Crippen molar-refractivity contribution in [3.63, 3.8) is 0 Å². The molecule has 2 N–H and O–H groups in total. The molecule has 0 saturated carbocycles. The van der Waals surface area contributed by atoms with E-state index < -0.39 is 0 Å². The summed E-state index contributed by atoms with van der Waals surface area (Å²) in [5, 5.41) is 6.19. The van der Waals surface area contributed by atoms with Gasteiger partial charge in [0.05, 0.1) is 6.61 Å². The van der Waals surface area contributed by atoms with Crippen molar-refractivity contribution in [1.82, 2.24) is 5.32 Å². The van der Waals surface area contributed by atoms with E-state index in [9.17, 15) is 4.79 Å². The minimum absolute atomic E-state index is 0.0988. The first-order valence-corrected chi connectivity index (χ1v) is 7.13. The monoisotopic (exact) mass is 282 g/mol. The lowest BCUT2D eigenvalue weighted by Crippen LogP contribution is -2.12. The number of nitrogens with one attached hydrogen (secondary N) is 2. The first kappa shape index (κ1) is 13.6. The number of carbonyl (C=O) groups is 1. The van der Waals surface area contributed by atoms with Crippen LogP contribution in [0.25, 0.3) is 0 Å². The van der Waals surface area contributed by atoms with Crippen LogP contribution < -0.4 is 15.4 Å². The number of carbonyl (C=O) groups excluding carboxylic acids is 1. The third-order valence-corrected chi connectivity index (χ3v) is 3.50. The molecule has 21 heavy (non-hydrogen) atoms. The number of amides is 1. The number of rotatable bonds is 4. The number of fused-ring (bicyclic) bond motifs is 1. The maximum atomic E-state index is 12.3. The van der Waals surface area contributed by atoms with Gasteiger partial charge in [-0.05, 0) is 42.3 Å². The van der Waals surface area contributed by atoms with Crippen LogP contribution in [0.4, 0.5) is 5.69 Å². The Kier molecular flexibility index (Phi) is 3.88. The van der Waals surface area contributed by atoms with E-state index in [-0.39, 0.29) is 5.91 Å². The van der Waals surface area contributed by atoms with E-state index in [4.69, 9.17) is 4.74 Å².